The predicted molar refractivity (Wildman–Crippen MR) is 209 cm³/mol. The molecule has 3 N–H and O–H groups in total. The number of nitrogens with two attached hydrogens (primary N) is 1. The molecule has 2 aromatic heterocycles. The lowest BCUT2D eigenvalue weighted by molar-refractivity contribution is -0.0912. The summed E-state index contributed by atoms with van der Waals surface area (Å²) < 4.78 is 42.3. The van der Waals surface area contributed by atoms with E-state index < -0.39 is 38.1 Å². The topological polar surface area (TPSA) is 172 Å². The molecule has 55 heavy (non-hydrogen) atoms. The number of imidazole rings is 1. The van der Waals surface area contributed by atoms with Gasteiger partial charge in [-0.15, -0.1) is 0 Å². The smallest absolute Gasteiger partial charge is 0.280 e. The number of aromatic nitrogens is 4. The molecule has 1 aliphatic heterocycles. The number of anilines is 1. The van der Waals surface area contributed by atoms with Crippen molar-refractivity contribution in [2.24, 2.45) is 0 Å². The number of hydrogen-bond donors (Lipinski definition) is 2. The summed E-state index contributed by atoms with van der Waals surface area (Å²) in [6.45, 7) is 8.63. The molecule has 3 heterocycles. The van der Waals surface area contributed by atoms with E-state index in [1.165, 1.54) is 6.33 Å². The Morgan fingerprint density at radius 1 is 0.982 bits per heavy atom. The fourth-order valence-corrected chi connectivity index (χ4v) is 8.74. The second kappa shape index (κ2) is 17.7. The Morgan fingerprint density at radius 2 is 1.58 bits per heavy atom. The molecule has 0 spiro atoms. The average Bonchev–Trinajstić information content (AvgIpc) is 3.79. The molecule has 3 aromatic carbocycles. The maximum atomic E-state index is 12.7. The fraction of sp³-hybridized carbons (Fsp3) is 0.400. The summed E-state index contributed by atoms with van der Waals surface area (Å²) in [5, 5.41) is 9.34. The van der Waals surface area contributed by atoms with Crippen LogP contribution < -0.4 is 20.8 Å². The van der Waals surface area contributed by atoms with Crippen LogP contribution in [0.25, 0.3) is 11.2 Å². The minimum absolute atomic E-state index is 0.0320. The molecule has 4 unspecified atom stereocenters. The largest absolute Gasteiger partial charge is 0.497 e. The first-order valence-corrected chi connectivity index (χ1v) is 19.3. The van der Waals surface area contributed by atoms with E-state index in [-0.39, 0.29) is 43.2 Å². The zero-order chi connectivity index (χ0) is 39.1. The highest BCUT2D eigenvalue weighted by Crippen LogP contribution is 2.51. The minimum Gasteiger partial charge on any atom is -0.497 e. The Labute approximate surface area is 322 Å². The van der Waals surface area contributed by atoms with Gasteiger partial charge in [-0.1, -0.05) is 54.6 Å². The van der Waals surface area contributed by atoms with Crippen molar-refractivity contribution in [2.75, 3.05) is 33.2 Å². The third-order valence-corrected chi connectivity index (χ3v) is 11.6. The average molecular weight is 770 g/mol. The van der Waals surface area contributed by atoms with Gasteiger partial charge >= 0.3 is 0 Å². The van der Waals surface area contributed by atoms with Crippen molar-refractivity contribution >= 4 is 25.6 Å². The number of ether oxygens (including phenoxy) is 4. The van der Waals surface area contributed by atoms with E-state index in [0.717, 1.165) is 16.7 Å². The summed E-state index contributed by atoms with van der Waals surface area (Å²) >= 11 is 0. The van der Waals surface area contributed by atoms with Crippen molar-refractivity contribution < 1.29 is 28.0 Å². The van der Waals surface area contributed by atoms with Crippen molar-refractivity contribution in [3.05, 3.63) is 112 Å². The first-order chi connectivity index (χ1) is 26.6. The van der Waals surface area contributed by atoms with E-state index in [1.54, 1.807) is 18.8 Å². The highest BCUT2D eigenvalue weighted by Gasteiger charge is 2.45. The van der Waals surface area contributed by atoms with Crippen molar-refractivity contribution in [2.45, 2.75) is 76.7 Å². The minimum atomic E-state index is -1.65. The molecular weight excluding hydrogens is 721 g/mol. The lowest BCUT2D eigenvalue weighted by atomic mass is 9.80. The summed E-state index contributed by atoms with van der Waals surface area (Å²) in [4.78, 5) is 24.0. The highest BCUT2D eigenvalue weighted by atomic mass is 31.2. The molecule has 14 nitrogen and oxygen atoms in total. The first-order valence-electron chi connectivity index (χ1n) is 18.2. The maximum Gasteiger partial charge on any atom is 0.280 e. The van der Waals surface area contributed by atoms with Gasteiger partial charge in [-0.25, -0.2) is 9.65 Å². The lowest BCUT2D eigenvalue weighted by Crippen LogP contribution is -2.39. The van der Waals surface area contributed by atoms with Crippen LogP contribution in [0.3, 0.4) is 0 Å². The quantitative estimate of drug-likeness (QED) is 0.0585. The van der Waals surface area contributed by atoms with Crippen molar-refractivity contribution in [1.29, 1.82) is 5.26 Å². The Balaban J connectivity index is 1.44. The van der Waals surface area contributed by atoms with Gasteiger partial charge in [0.1, 0.15) is 29.4 Å². The van der Waals surface area contributed by atoms with Crippen LogP contribution in [0.5, 0.6) is 11.5 Å². The second-order valence-corrected chi connectivity index (χ2v) is 15.1. The number of nitrogen functional groups attached to an aromatic ring is 1. The van der Waals surface area contributed by atoms with Gasteiger partial charge in [0, 0.05) is 18.5 Å². The Morgan fingerprint density at radius 3 is 2.15 bits per heavy atom. The van der Waals surface area contributed by atoms with E-state index in [1.807, 2.05) is 78.9 Å². The monoisotopic (exact) mass is 769 g/mol. The van der Waals surface area contributed by atoms with Gasteiger partial charge < -0.3 is 33.7 Å². The van der Waals surface area contributed by atoms with E-state index in [4.69, 9.17) is 33.7 Å². The SMILES string of the molecule is COc1ccc(C(OCC2OC(n3cnc4c(=O)[nH]c(N)nc43)CC2OP(OCCC#N)N(C(C)C)C(C)C)(c2ccccc2)c2ccc(OC)cc2)cc1. The molecule has 1 aliphatic rings. The third-order valence-electron chi connectivity index (χ3n) is 9.47. The molecule has 5 aromatic rings. The zero-order valence-corrected chi connectivity index (χ0v) is 32.8. The number of benzene rings is 3. The first kappa shape index (κ1) is 39.8. The number of methoxy groups -OCH3 is 2. The molecule has 0 saturated carbocycles. The van der Waals surface area contributed by atoms with Gasteiger partial charge in [0.05, 0.1) is 52.4 Å². The van der Waals surface area contributed by atoms with Crippen LogP contribution in [0.4, 0.5) is 5.95 Å². The number of aromatic amines is 1. The Bertz CT molecular complexity index is 2050. The van der Waals surface area contributed by atoms with Crippen LogP contribution in [0.1, 0.15) is 63.5 Å². The number of H-pyrrole nitrogens is 1. The van der Waals surface area contributed by atoms with Crippen molar-refractivity contribution in [3.8, 4) is 17.6 Å². The van der Waals surface area contributed by atoms with Crippen LogP contribution in [-0.2, 0) is 24.1 Å². The van der Waals surface area contributed by atoms with Gasteiger partial charge in [-0.3, -0.25) is 14.3 Å². The fourth-order valence-electron chi connectivity index (χ4n) is 6.98. The van der Waals surface area contributed by atoms with Gasteiger partial charge in [-0.2, -0.15) is 10.2 Å². The van der Waals surface area contributed by atoms with Crippen LogP contribution in [0, 0.1) is 11.3 Å². The molecule has 290 valence electrons. The van der Waals surface area contributed by atoms with Crippen molar-refractivity contribution in [3.63, 3.8) is 0 Å². The molecule has 1 fully saturated rings. The van der Waals surface area contributed by atoms with Crippen molar-refractivity contribution in [1.82, 2.24) is 24.2 Å². The van der Waals surface area contributed by atoms with Crippen LogP contribution in [-0.4, -0.2) is 75.9 Å². The number of nitriles is 1. The number of hydrogen-bond acceptors (Lipinski definition) is 12. The molecule has 15 heteroatoms. The van der Waals surface area contributed by atoms with E-state index in [0.29, 0.717) is 23.6 Å². The standard InChI is InChI=1S/C40H48N7O7P/c1-26(2)47(27(3)4)55(52-22-10-21-41)54-33-23-35(46-25-43-36-37(46)44-39(42)45-38(36)48)53-34(33)24-51-40(28-11-8-7-9-12-28,29-13-17-31(49-5)18-14-29)30-15-19-32(50-6)20-16-30/h7-9,11-20,25-27,33-35H,10,22-24H2,1-6H3,(H3,42,44,45,48). The summed E-state index contributed by atoms with van der Waals surface area (Å²) in [6, 6.07) is 28.0. The molecule has 6 rings (SSSR count). The van der Waals surface area contributed by atoms with Crippen LogP contribution in [0.2, 0.25) is 0 Å². The lowest BCUT2D eigenvalue weighted by Gasteiger charge is -2.39. The number of nitrogens with zero attached hydrogens (tertiary/aromatic N) is 5. The van der Waals surface area contributed by atoms with Gasteiger partial charge in [0.15, 0.2) is 11.2 Å². The predicted octanol–water partition coefficient (Wildman–Crippen LogP) is 6.68. The molecule has 0 aliphatic carbocycles. The molecule has 0 radical (unpaired) electrons. The summed E-state index contributed by atoms with van der Waals surface area (Å²) in [5.74, 6) is 1.39. The van der Waals surface area contributed by atoms with Gasteiger partial charge in [0.25, 0.3) is 14.1 Å². The molecular formula is C40H48N7O7P. The summed E-state index contributed by atoms with van der Waals surface area (Å²) in [5.41, 5.74) is 7.46. The van der Waals surface area contributed by atoms with Crippen LogP contribution >= 0.6 is 8.53 Å². The van der Waals surface area contributed by atoms with Crippen LogP contribution in [0.15, 0.2) is 90.0 Å². The number of nitrogens with one attached hydrogen (secondary N) is 1. The molecule has 0 amide bonds. The summed E-state index contributed by atoms with van der Waals surface area (Å²) in [6.07, 6.45) is 0.243. The normalized spacial score (nSPS) is 17.9. The summed E-state index contributed by atoms with van der Waals surface area (Å²) in [7, 11) is 1.62. The van der Waals surface area contributed by atoms with Gasteiger partial charge in [0.2, 0.25) is 5.95 Å². The molecule has 0 bridgehead atoms. The molecule has 1 saturated heterocycles. The Kier molecular flexibility index (Phi) is 12.8. The third kappa shape index (κ3) is 8.53. The van der Waals surface area contributed by atoms with Gasteiger partial charge in [-0.05, 0) is 68.7 Å². The number of fused-ring (bicyclic) bond motifs is 1. The van der Waals surface area contributed by atoms with E-state index in [2.05, 4.69) is 53.4 Å². The Hall–Kier alpha value is -4.87. The maximum absolute atomic E-state index is 12.7. The molecule has 4 atom stereocenters. The number of rotatable bonds is 17. The van der Waals surface area contributed by atoms with E-state index in [9.17, 15) is 10.1 Å². The highest BCUT2D eigenvalue weighted by molar-refractivity contribution is 7.44. The second-order valence-electron chi connectivity index (χ2n) is 13.6. The zero-order valence-electron chi connectivity index (χ0n) is 31.9. The van der Waals surface area contributed by atoms with E-state index >= 15 is 0 Å².